The van der Waals surface area contributed by atoms with Crippen molar-refractivity contribution >= 4 is 23.1 Å². The summed E-state index contributed by atoms with van der Waals surface area (Å²) in [5.74, 6) is 0.312. The maximum absolute atomic E-state index is 12.8. The second kappa shape index (κ2) is 11.8. The Balaban J connectivity index is 1.29. The van der Waals surface area contributed by atoms with Gasteiger partial charge in [0.25, 0.3) is 5.91 Å². The van der Waals surface area contributed by atoms with E-state index in [1.807, 2.05) is 18.2 Å². The summed E-state index contributed by atoms with van der Waals surface area (Å²) in [6.45, 7) is 3.84. The summed E-state index contributed by atoms with van der Waals surface area (Å²) >= 11 is 1.36. The highest BCUT2D eigenvalue weighted by atomic mass is 32.1. The van der Waals surface area contributed by atoms with Gasteiger partial charge in [-0.15, -0.1) is 24.5 Å². The Morgan fingerprint density at radius 1 is 1.14 bits per heavy atom. The molecule has 3 aromatic rings. The van der Waals surface area contributed by atoms with Crippen molar-refractivity contribution in [2.75, 3.05) is 38.2 Å². The summed E-state index contributed by atoms with van der Waals surface area (Å²) in [6.07, 6.45) is -3.18. The van der Waals surface area contributed by atoms with Crippen molar-refractivity contribution in [3.05, 3.63) is 69.5 Å². The smallest absolute Gasteiger partial charge is 0.497 e. The van der Waals surface area contributed by atoms with E-state index < -0.39 is 12.1 Å². The van der Waals surface area contributed by atoms with Gasteiger partial charge >= 0.3 is 6.36 Å². The number of aliphatic hydroxyl groups excluding tert-OH is 1. The highest BCUT2D eigenvalue weighted by molar-refractivity contribution is 7.14. The molecule has 1 aliphatic rings. The van der Waals surface area contributed by atoms with E-state index in [1.165, 1.54) is 30.6 Å². The number of pyridine rings is 1. The highest BCUT2D eigenvalue weighted by Gasteiger charge is 2.32. The Morgan fingerprint density at radius 2 is 1.92 bits per heavy atom. The quantitative estimate of drug-likeness (QED) is 0.430. The van der Waals surface area contributed by atoms with Gasteiger partial charge in [0.15, 0.2) is 0 Å². The predicted octanol–water partition coefficient (Wildman–Crippen LogP) is 3.79. The van der Waals surface area contributed by atoms with Crippen LogP contribution in [0.15, 0.2) is 48.7 Å². The van der Waals surface area contributed by atoms with Crippen molar-refractivity contribution < 1.29 is 32.5 Å². The number of halogens is 3. The zero-order valence-electron chi connectivity index (χ0n) is 20.1. The fourth-order valence-corrected chi connectivity index (χ4v) is 4.89. The molecule has 8 nitrogen and oxygen atoms in total. The lowest BCUT2D eigenvalue weighted by atomic mass is 10.2. The number of carbonyl (C=O) groups excluding carboxylic acids is 1. The molecule has 0 atom stereocenters. The van der Waals surface area contributed by atoms with E-state index in [0.717, 1.165) is 48.5 Å². The van der Waals surface area contributed by atoms with E-state index in [-0.39, 0.29) is 30.4 Å². The molecular weight excluding hydrogens is 509 g/mol. The number of carbonyl (C=O) groups is 1. The van der Waals surface area contributed by atoms with Gasteiger partial charge in [-0.25, -0.2) is 4.98 Å². The van der Waals surface area contributed by atoms with Crippen molar-refractivity contribution in [1.29, 1.82) is 0 Å². The van der Waals surface area contributed by atoms with Gasteiger partial charge in [0.2, 0.25) is 0 Å². The minimum atomic E-state index is -4.86. The fraction of sp³-hybridized carbons (Fsp3) is 0.360. The average molecular weight is 537 g/mol. The lowest BCUT2D eigenvalue weighted by molar-refractivity contribution is -0.274. The molecule has 0 aliphatic carbocycles. The Hall–Kier alpha value is -3.35. The summed E-state index contributed by atoms with van der Waals surface area (Å²) in [5.41, 5.74) is 0.959. The van der Waals surface area contributed by atoms with Crippen LogP contribution in [-0.2, 0) is 19.7 Å². The SMILES string of the molecule is COc1ccc(CNC(=O)c2ccc(CN3CCN(c4ccc(CO)cn4)CC3)s2)c(OC(F)(F)F)c1. The van der Waals surface area contributed by atoms with E-state index in [9.17, 15) is 18.0 Å². The number of piperazine rings is 1. The highest BCUT2D eigenvalue weighted by Crippen LogP contribution is 2.30. The third kappa shape index (κ3) is 7.34. The van der Waals surface area contributed by atoms with Crippen LogP contribution in [0.5, 0.6) is 11.5 Å². The number of amides is 1. The molecule has 1 amide bonds. The van der Waals surface area contributed by atoms with Crippen LogP contribution < -0.4 is 19.7 Å². The number of alkyl halides is 3. The molecule has 2 aromatic heterocycles. The molecule has 1 aromatic carbocycles. The fourth-order valence-electron chi connectivity index (χ4n) is 3.93. The van der Waals surface area contributed by atoms with Crippen molar-refractivity contribution in [2.45, 2.75) is 26.1 Å². The standard InChI is InChI=1S/C25H27F3N4O4S/c1-35-19-4-3-18(21(12-19)36-25(26,27)28)14-30-24(34)22-6-5-20(37-22)15-31-8-10-32(11-9-31)23-7-2-17(16-33)13-29-23/h2-7,12-13,33H,8-11,14-16H2,1H3,(H,30,34). The predicted molar refractivity (Wildman–Crippen MR) is 133 cm³/mol. The van der Waals surface area contributed by atoms with Gasteiger partial charge in [-0.2, -0.15) is 0 Å². The molecule has 2 N–H and O–H groups in total. The summed E-state index contributed by atoms with van der Waals surface area (Å²) in [5, 5.41) is 11.8. The minimum absolute atomic E-state index is 0.0309. The van der Waals surface area contributed by atoms with Crippen molar-refractivity contribution in [3.8, 4) is 11.5 Å². The van der Waals surface area contributed by atoms with Crippen LogP contribution in [0.4, 0.5) is 19.0 Å². The van der Waals surface area contributed by atoms with Crippen LogP contribution >= 0.6 is 11.3 Å². The van der Waals surface area contributed by atoms with Gasteiger partial charge in [0.05, 0.1) is 18.6 Å². The van der Waals surface area contributed by atoms with Crippen molar-refractivity contribution in [2.24, 2.45) is 0 Å². The molecule has 0 radical (unpaired) electrons. The Kier molecular flexibility index (Phi) is 8.52. The maximum atomic E-state index is 12.8. The molecule has 0 saturated carbocycles. The molecule has 1 saturated heterocycles. The first-order valence-electron chi connectivity index (χ1n) is 11.6. The zero-order chi connectivity index (χ0) is 26.4. The van der Waals surface area contributed by atoms with Gasteiger partial charge in [-0.05, 0) is 35.9 Å². The average Bonchev–Trinajstić information content (AvgIpc) is 3.36. The number of hydrogen-bond donors (Lipinski definition) is 2. The second-order valence-corrected chi connectivity index (χ2v) is 9.58. The van der Waals surface area contributed by atoms with Gasteiger partial charge in [0, 0.05) is 62.0 Å². The van der Waals surface area contributed by atoms with Crippen molar-refractivity contribution in [3.63, 3.8) is 0 Å². The molecule has 198 valence electrons. The Bertz CT molecular complexity index is 1200. The number of aromatic nitrogens is 1. The summed E-state index contributed by atoms with van der Waals surface area (Å²) in [7, 11) is 1.34. The number of hydrogen-bond acceptors (Lipinski definition) is 8. The molecule has 12 heteroatoms. The zero-order valence-corrected chi connectivity index (χ0v) is 20.9. The molecule has 4 rings (SSSR count). The van der Waals surface area contributed by atoms with Gasteiger partial charge in [0.1, 0.15) is 17.3 Å². The third-order valence-corrected chi connectivity index (χ3v) is 6.96. The van der Waals surface area contributed by atoms with Crippen LogP contribution in [0.25, 0.3) is 0 Å². The normalized spacial score (nSPS) is 14.5. The minimum Gasteiger partial charge on any atom is -0.497 e. The van der Waals surface area contributed by atoms with Crippen LogP contribution in [0.2, 0.25) is 0 Å². The maximum Gasteiger partial charge on any atom is 0.573 e. The van der Waals surface area contributed by atoms with Gasteiger partial charge in [-0.1, -0.05) is 6.07 Å². The van der Waals surface area contributed by atoms with E-state index in [2.05, 4.69) is 24.8 Å². The van der Waals surface area contributed by atoms with E-state index >= 15 is 0 Å². The number of rotatable bonds is 9. The number of nitrogens with zero attached hydrogens (tertiary/aromatic N) is 3. The number of ether oxygens (including phenoxy) is 2. The summed E-state index contributed by atoms with van der Waals surface area (Å²) in [6, 6.07) is 11.5. The number of nitrogens with one attached hydrogen (secondary N) is 1. The van der Waals surface area contributed by atoms with E-state index in [0.29, 0.717) is 11.4 Å². The topological polar surface area (TPSA) is 87.2 Å². The Labute approximate surface area is 216 Å². The number of aliphatic hydroxyl groups is 1. The van der Waals surface area contributed by atoms with Crippen LogP contribution in [0.1, 0.15) is 25.7 Å². The van der Waals surface area contributed by atoms with Crippen LogP contribution in [0.3, 0.4) is 0 Å². The molecule has 37 heavy (non-hydrogen) atoms. The first kappa shape index (κ1) is 26.7. The van der Waals surface area contributed by atoms with Crippen LogP contribution in [-0.4, -0.2) is 60.5 Å². The van der Waals surface area contributed by atoms with E-state index in [1.54, 1.807) is 12.3 Å². The molecule has 0 unspecified atom stereocenters. The molecular formula is C25H27F3N4O4S. The van der Waals surface area contributed by atoms with E-state index in [4.69, 9.17) is 9.84 Å². The number of benzene rings is 1. The summed E-state index contributed by atoms with van der Waals surface area (Å²) < 4.78 is 47.4. The largest absolute Gasteiger partial charge is 0.573 e. The molecule has 1 fully saturated rings. The summed E-state index contributed by atoms with van der Waals surface area (Å²) in [4.78, 5) is 23.1. The molecule has 1 aliphatic heterocycles. The van der Waals surface area contributed by atoms with Gasteiger partial charge in [-0.3, -0.25) is 9.69 Å². The van der Waals surface area contributed by atoms with Crippen LogP contribution in [0, 0.1) is 0 Å². The number of methoxy groups -OCH3 is 1. The third-order valence-electron chi connectivity index (χ3n) is 5.89. The van der Waals surface area contributed by atoms with Crippen molar-refractivity contribution in [1.82, 2.24) is 15.2 Å². The number of anilines is 1. The molecule has 0 spiro atoms. The monoisotopic (exact) mass is 536 g/mol. The Morgan fingerprint density at radius 3 is 2.57 bits per heavy atom. The lowest BCUT2D eigenvalue weighted by Crippen LogP contribution is -2.46. The molecule has 0 bridgehead atoms. The van der Waals surface area contributed by atoms with Gasteiger partial charge < -0.3 is 24.8 Å². The molecule has 3 heterocycles. The number of thiophene rings is 1. The second-order valence-electron chi connectivity index (χ2n) is 8.42. The first-order valence-corrected chi connectivity index (χ1v) is 12.4. The first-order chi connectivity index (χ1) is 17.7. The lowest BCUT2D eigenvalue weighted by Gasteiger charge is -2.35.